The zero-order valence-corrected chi connectivity index (χ0v) is 8.56. The van der Waals surface area contributed by atoms with Gasteiger partial charge in [-0.05, 0) is 24.6 Å². The molecule has 0 aromatic heterocycles. The van der Waals surface area contributed by atoms with Crippen LogP contribution < -0.4 is 4.74 Å². The van der Waals surface area contributed by atoms with E-state index < -0.39 is 0 Å². The second-order valence-corrected chi connectivity index (χ2v) is 3.88. The van der Waals surface area contributed by atoms with Crippen LogP contribution in [0.4, 0.5) is 4.39 Å². The van der Waals surface area contributed by atoms with Crippen LogP contribution in [0.25, 0.3) is 0 Å². The lowest BCUT2D eigenvalue weighted by atomic mass is 10.1. The van der Waals surface area contributed by atoms with Gasteiger partial charge in [-0.15, -0.1) is 0 Å². The van der Waals surface area contributed by atoms with Crippen LogP contribution in [-0.2, 0) is 0 Å². The first-order chi connectivity index (χ1) is 5.65. The van der Waals surface area contributed by atoms with E-state index in [2.05, 4.69) is 15.9 Å². The van der Waals surface area contributed by atoms with Gasteiger partial charge in [0.2, 0.25) is 0 Å². The van der Waals surface area contributed by atoms with Gasteiger partial charge in [-0.3, -0.25) is 0 Å². The number of ether oxygens (including phenoxy) is 1. The van der Waals surface area contributed by atoms with E-state index in [-0.39, 0.29) is 16.4 Å². The monoisotopic (exact) mass is 232 g/mol. The molecule has 1 rings (SSSR count). The zero-order chi connectivity index (χ0) is 9.14. The highest BCUT2D eigenvalue weighted by molar-refractivity contribution is 9.09. The molecule has 0 aliphatic heterocycles. The van der Waals surface area contributed by atoms with E-state index >= 15 is 0 Å². The second kappa shape index (κ2) is 3.90. The highest BCUT2D eigenvalue weighted by atomic mass is 79.9. The summed E-state index contributed by atoms with van der Waals surface area (Å²) in [5.41, 5.74) is 0.910. The van der Waals surface area contributed by atoms with Crippen LogP contribution in [0.2, 0.25) is 0 Å². The third-order valence-electron chi connectivity index (χ3n) is 1.64. The fourth-order valence-electron chi connectivity index (χ4n) is 0.930. The van der Waals surface area contributed by atoms with Crippen LogP contribution in [0.15, 0.2) is 18.2 Å². The Morgan fingerprint density at radius 2 is 2.17 bits per heavy atom. The number of methoxy groups -OCH3 is 1. The maximum atomic E-state index is 13.1. The molecule has 1 unspecified atom stereocenters. The number of alkyl halides is 1. The predicted molar refractivity (Wildman–Crippen MR) is 50.3 cm³/mol. The molecule has 0 saturated carbocycles. The van der Waals surface area contributed by atoms with Crippen molar-refractivity contribution >= 4 is 15.9 Å². The molecule has 1 nitrogen and oxygen atoms in total. The van der Waals surface area contributed by atoms with Crippen molar-refractivity contribution in [3.8, 4) is 5.75 Å². The SMILES string of the molecule is COc1ccc(C(C)Br)cc1F. The van der Waals surface area contributed by atoms with Gasteiger partial charge in [0.1, 0.15) is 0 Å². The number of hydrogen-bond acceptors (Lipinski definition) is 1. The molecule has 0 heterocycles. The maximum absolute atomic E-state index is 13.1. The number of hydrogen-bond donors (Lipinski definition) is 0. The van der Waals surface area contributed by atoms with Crippen molar-refractivity contribution in [2.45, 2.75) is 11.8 Å². The van der Waals surface area contributed by atoms with Crippen molar-refractivity contribution < 1.29 is 9.13 Å². The molecule has 1 atom stereocenters. The van der Waals surface area contributed by atoms with Crippen LogP contribution in [0.1, 0.15) is 17.3 Å². The molecule has 1 aromatic carbocycles. The summed E-state index contributed by atoms with van der Waals surface area (Å²) in [6.07, 6.45) is 0. The molecule has 66 valence electrons. The van der Waals surface area contributed by atoms with E-state index in [4.69, 9.17) is 4.74 Å². The van der Waals surface area contributed by atoms with Gasteiger partial charge >= 0.3 is 0 Å². The van der Waals surface area contributed by atoms with Crippen molar-refractivity contribution in [2.24, 2.45) is 0 Å². The molecule has 0 spiro atoms. The molecule has 0 saturated heterocycles. The standard InChI is InChI=1S/C9H10BrFO/c1-6(10)7-3-4-9(12-2)8(11)5-7/h3-6H,1-2H3. The molecule has 0 fully saturated rings. The van der Waals surface area contributed by atoms with Gasteiger partial charge in [-0.2, -0.15) is 0 Å². The topological polar surface area (TPSA) is 9.23 Å². The van der Waals surface area contributed by atoms with Gasteiger partial charge in [0.05, 0.1) is 7.11 Å². The average molecular weight is 233 g/mol. The van der Waals surface area contributed by atoms with Crippen molar-refractivity contribution in [2.75, 3.05) is 7.11 Å². The lowest BCUT2D eigenvalue weighted by Gasteiger charge is -2.06. The predicted octanol–water partition coefficient (Wildman–Crippen LogP) is 3.29. The minimum atomic E-state index is -0.318. The van der Waals surface area contributed by atoms with Crippen molar-refractivity contribution in [3.63, 3.8) is 0 Å². The molecule has 1 aromatic rings. The summed E-state index contributed by atoms with van der Waals surface area (Å²) in [7, 11) is 1.45. The molecule has 12 heavy (non-hydrogen) atoms. The van der Waals surface area contributed by atoms with Gasteiger partial charge in [0, 0.05) is 4.83 Å². The van der Waals surface area contributed by atoms with Crippen LogP contribution in [0.5, 0.6) is 5.75 Å². The third-order valence-corrected chi connectivity index (χ3v) is 2.16. The minimum absolute atomic E-state index is 0.165. The van der Waals surface area contributed by atoms with Gasteiger partial charge in [-0.1, -0.05) is 22.0 Å². The van der Waals surface area contributed by atoms with E-state index in [1.165, 1.54) is 13.2 Å². The molecular formula is C9H10BrFO. The number of rotatable bonds is 2. The summed E-state index contributed by atoms with van der Waals surface area (Å²) >= 11 is 3.36. The summed E-state index contributed by atoms with van der Waals surface area (Å²) < 4.78 is 17.9. The molecule has 0 aliphatic carbocycles. The van der Waals surface area contributed by atoms with Gasteiger partial charge in [-0.25, -0.2) is 4.39 Å². The summed E-state index contributed by atoms with van der Waals surface area (Å²) in [4.78, 5) is 0.165. The first-order valence-electron chi connectivity index (χ1n) is 3.62. The van der Waals surface area contributed by atoms with Gasteiger partial charge in [0.15, 0.2) is 11.6 Å². The molecule has 0 radical (unpaired) electrons. The second-order valence-electron chi connectivity index (χ2n) is 2.51. The van der Waals surface area contributed by atoms with E-state index in [1.807, 2.05) is 13.0 Å². The van der Waals surface area contributed by atoms with E-state index in [1.54, 1.807) is 6.07 Å². The van der Waals surface area contributed by atoms with Crippen LogP contribution in [0, 0.1) is 5.82 Å². The first kappa shape index (κ1) is 9.52. The highest BCUT2D eigenvalue weighted by Crippen LogP contribution is 2.26. The highest BCUT2D eigenvalue weighted by Gasteiger charge is 2.05. The van der Waals surface area contributed by atoms with Crippen LogP contribution in [-0.4, -0.2) is 7.11 Å². The fourth-order valence-corrected chi connectivity index (χ4v) is 1.21. The molecule has 0 bridgehead atoms. The third kappa shape index (κ3) is 1.97. The largest absolute Gasteiger partial charge is 0.494 e. The van der Waals surface area contributed by atoms with E-state index in [0.717, 1.165) is 5.56 Å². The summed E-state index contributed by atoms with van der Waals surface area (Å²) in [5, 5.41) is 0. The molecule has 0 N–H and O–H groups in total. The summed E-state index contributed by atoms with van der Waals surface area (Å²) in [6, 6.07) is 4.93. The Labute approximate surface area is 79.7 Å². The lowest BCUT2D eigenvalue weighted by molar-refractivity contribution is 0.386. The van der Waals surface area contributed by atoms with Crippen molar-refractivity contribution in [1.82, 2.24) is 0 Å². The van der Waals surface area contributed by atoms with E-state index in [0.29, 0.717) is 0 Å². The Bertz CT molecular complexity index is 273. The Kier molecular flexibility index (Phi) is 3.09. The van der Waals surface area contributed by atoms with Crippen molar-refractivity contribution in [3.05, 3.63) is 29.6 Å². The quantitative estimate of drug-likeness (QED) is 0.712. The first-order valence-corrected chi connectivity index (χ1v) is 4.54. The zero-order valence-electron chi connectivity index (χ0n) is 6.97. The van der Waals surface area contributed by atoms with Crippen molar-refractivity contribution in [1.29, 1.82) is 0 Å². The Balaban J connectivity index is 3.02. The smallest absolute Gasteiger partial charge is 0.165 e. The van der Waals surface area contributed by atoms with Crippen LogP contribution in [0.3, 0.4) is 0 Å². The van der Waals surface area contributed by atoms with Crippen LogP contribution >= 0.6 is 15.9 Å². The number of benzene rings is 1. The Morgan fingerprint density at radius 1 is 1.50 bits per heavy atom. The van der Waals surface area contributed by atoms with E-state index in [9.17, 15) is 4.39 Å². The fraction of sp³-hybridized carbons (Fsp3) is 0.333. The lowest BCUT2D eigenvalue weighted by Crippen LogP contribution is -1.90. The normalized spacial score (nSPS) is 12.7. The Hall–Kier alpha value is -0.570. The number of halogens is 2. The Morgan fingerprint density at radius 3 is 2.58 bits per heavy atom. The maximum Gasteiger partial charge on any atom is 0.165 e. The summed E-state index contributed by atoms with van der Waals surface area (Å²) in [6.45, 7) is 1.95. The molecule has 0 amide bonds. The molecule has 3 heteroatoms. The van der Waals surface area contributed by atoms with Gasteiger partial charge < -0.3 is 4.74 Å². The summed E-state index contributed by atoms with van der Waals surface area (Å²) in [5.74, 6) is -0.0341. The van der Waals surface area contributed by atoms with Gasteiger partial charge in [0.25, 0.3) is 0 Å². The average Bonchev–Trinajstić information content (AvgIpc) is 2.04. The molecular weight excluding hydrogens is 223 g/mol. The molecule has 0 aliphatic rings. The minimum Gasteiger partial charge on any atom is -0.494 e.